The molecule has 3 nitrogen and oxygen atoms in total. The van der Waals surface area contributed by atoms with Crippen LogP contribution in [0, 0.1) is 0 Å². The number of likely N-dealkylation sites (tertiary alicyclic amines) is 1. The van der Waals surface area contributed by atoms with E-state index in [-0.39, 0.29) is 17.5 Å². The van der Waals surface area contributed by atoms with E-state index in [1.165, 1.54) is 0 Å². The molecule has 0 radical (unpaired) electrons. The van der Waals surface area contributed by atoms with E-state index in [9.17, 15) is 4.79 Å². The summed E-state index contributed by atoms with van der Waals surface area (Å²) < 4.78 is 0. The summed E-state index contributed by atoms with van der Waals surface area (Å²) in [5.41, 5.74) is 4.64. The Balaban J connectivity index is 2.41. The fourth-order valence-electron chi connectivity index (χ4n) is 2.31. The third-order valence-corrected chi connectivity index (χ3v) is 3.47. The lowest BCUT2D eigenvalue weighted by molar-refractivity contribution is -0.461. The zero-order chi connectivity index (χ0) is 12.8. The Bertz CT molecular complexity index is 436. The molecule has 1 amide bonds. The number of hydrogen-bond donors (Lipinski definition) is 1. The van der Waals surface area contributed by atoms with Crippen LogP contribution in [-0.2, 0) is 4.79 Å². The van der Waals surface area contributed by atoms with Gasteiger partial charge in [0.05, 0.1) is 0 Å². The van der Waals surface area contributed by atoms with E-state index >= 15 is 0 Å². The average molecular weight is 254 g/mol. The lowest BCUT2D eigenvalue weighted by Crippen LogP contribution is -2.88. The Hall–Kier alpha value is -1.06. The second-order valence-electron chi connectivity index (χ2n) is 5.52. The normalized spacial score (nSPS) is 29.1. The largest absolute Gasteiger partial charge is 0.330 e. The van der Waals surface area contributed by atoms with Gasteiger partial charge in [-0.05, 0) is 37.9 Å². The average Bonchev–Trinajstić information content (AvgIpc) is 2.24. The van der Waals surface area contributed by atoms with Gasteiger partial charge in [-0.25, -0.2) is 0 Å². The second-order valence-corrected chi connectivity index (χ2v) is 6.20. The molecule has 92 valence electrons. The molecular weight excluding hydrogens is 236 g/mol. The maximum atomic E-state index is 12.0. The third-order valence-electron chi connectivity index (χ3n) is 3.10. The topological polar surface area (TPSA) is 48.0 Å². The summed E-state index contributed by atoms with van der Waals surface area (Å²) in [6.07, 6.45) is 0. The molecule has 2 rings (SSSR count). The summed E-state index contributed by atoms with van der Waals surface area (Å²) in [6.45, 7) is 6.02. The molecule has 3 N–H and O–H groups in total. The van der Waals surface area contributed by atoms with E-state index in [1.807, 2.05) is 56.0 Å². The van der Waals surface area contributed by atoms with Crippen LogP contribution in [0.1, 0.15) is 32.4 Å². The summed E-state index contributed by atoms with van der Waals surface area (Å²) in [4.78, 5) is 12.8. The van der Waals surface area contributed by atoms with E-state index < -0.39 is 5.00 Å². The minimum Gasteiger partial charge on any atom is -0.330 e. The molecule has 0 bridgehead atoms. The van der Waals surface area contributed by atoms with Gasteiger partial charge < -0.3 is 10.6 Å². The van der Waals surface area contributed by atoms with E-state index in [0.29, 0.717) is 0 Å². The number of alkyl halides is 1. The van der Waals surface area contributed by atoms with Crippen LogP contribution in [0.4, 0.5) is 0 Å². The van der Waals surface area contributed by atoms with Gasteiger partial charge in [0.25, 0.3) is 5.00 Å². The van der Waals surface area contributed by atoms with Gasteiger partial charge in [0.1, 0.15) is 6.04 Å². The number of β-lactam (4-membered cyclic amide) rings is 1. The first-order chi connectivity index (χ1) is 7.76. The summed E-state index contributed by atoms with van der Waals surface area (Å²) >= 11 is 6.25. The highest BCUT2D eigenvalue weighted by Crippen LogP contribution is 2.46. The van der Waals surface area contributed by atoms with Gasteiger partial charge >= 0.3 is 5.91 Å². The predicted molar refractivity (Wildman–Crippen MR) is 67.3 cm³/mol. The summed E-state index contributed by atoms with van der Waals surface area (Å²) in [6, 6.07) is 9.66. The van der Waals surface area contributed by atoms with Crippen LogP contribution in [0.3, 0.4) is 0 Å². The molecule has 4 heteroatoms. The number of carbonyl (C=O) groups is 1. The van der Waals surface area contributed by atoms with Gasteiger partial charge in [-0.15, -0.1) is 0 Å². The first-order valence-corrected chi connectivity index (χ1v) is 6.07. The van der Waals surface area contributed by atoms with E-state index in [2.05, 4.69) is 5.73 Å². The lowest BCUT2D eigenvalue weighted by Gasteiger charge is -2.54. The van der Waals surface area contributed by atoms with Crippen LogP contribution in [0.25, 0.3) is 0 Å². The smallest absolute Gasteiger partial charge is 0.304 e. The number of hydrogen-bond acceptors (Lipinski definition) is 1. The Kier molecular flexibility index (Phi) is 2.71. The molecule has 17 heavy (non-hydrogen) atoms. The van der Waals surface area contributed by atoms with Crippen molar-refractivity contribution in [3.8, 4) is 0 Å². The van der Waals surface area contributed by atoms with Crippen LogP contribution in [-0.4, -0.2) is 21.3 Å². The Morgan fingerprint density at radius 3 is 2.29 bits per heavy atom. The monoisotopic (exact) mass is 253 g/mol. The predicted octanol–water partition coefficient (Wildman–Crippen LogP) is 1.55. The zero-order valence-corrected chi connectivity index (χ0v) is 11.2. The molecule has 1 fully saturated rings. The van der Waals surface area contributed by atoms with Crippen LogP contribution >= 0.6 is 11.6 Å². The SMILES string of the molecule is CC(C)(C)N1C(=O)[C@@]([NH3+])(Cl)[C@H]1c1ccccc1. The van der Waals surface area contributed by atoms with Crippen molar-refractivity contribution < 1.29 is 10.5 Å². The number of nitrogens with zero attached hydrogens (tertiary/aromatic N) is 1. The number of carbonyl (C=O) groups excluding carboxylic acids is 1. The number of amides is 1. The molecule has 1 aromatic rings. The van der Waals surface area contributed by atoms with Crippen LogP contribution in [0.15, 0.2) is 30.3 Å². The molecule has 0 spiro atoms. The molecule has 0 unspecified atom stereocenters. The quantitative estimate of drug-likeness (QED) is 0.461. The van der Waals surface area contributed by atoms with Crippen molar-refractivity contribution >= 4 is 17.5 Å². The first-order valence-electron chi connectivity index (χ1n) is 5.69. The number of quaternary nitrogens is 1. The molecule has 1 aromatic carbocycles. The molecule has 2 atom stereocenters. The second kappa shape index (κ2) is 3.72. The number of rotatable bonds is 1. The molecule has 0 saturated carbocycles. The highest BCUT2D eigenvalue weighted by atomic mass is 35.5. The Morgan fingerprint density at radius 2 is 1.82 bits per heavy atom. The third kappa shape index (κ3) is 1.83. The molecule has 0 aromatic heterocycles. The van der Waals surface area contributed by atoms with Gasteiger partial charge in [0.15, 0.2) is 0 Å². The van der Waals surface area contributed by atoms with Crippen molar-refractivity contribution in [3.05, 3.63) is 35.9 Å². The van der Waals surface area contributed by atoms with E-state index in [0.717, 1.165) is 5.56 Å². The van der Waals surface area contributed by atoms with Crippen molar-refractivity contribution in [1.82, 2.24) is 4.90 Å². The maximum absolute atomic E-state index is 12.0. The first kappa shape index (κ1) is 12.4. The van der Waals surface area contributed by atoms with Crippen molar-refractivity contribution in [1.29, 1.82) is 0 Å². The van der Waals surface area contributed by atoms with Gasteiger partial charge in [-0.1, -0.05) is 30.3 Å². The van der Waals surface area contributed by atoms with Gasteiger partial charge in [-0.3, -0.25) is 4.79 Å². The molecular formula is C13H18ClN2O+. The minimum atomic E-state index is -1.06. The van der Waals surface area contributed by atoms with Crippen molar-refractivity contribution in [2.75, 3.05) is 0 Å². The van der Waals surface area contributed by atoms with Gasteiger partial charge in [0.2, 0.25) is 0 Å². The summed E-state index contributed by atoms with van der Waals surface area (Å²) in [5.74, 6) is -0.0967. The van der Waals surface area contributed by atoms with Crippen LogP contribution in [0.5, 0.6) is 0 Å². The van der Waals surface area contributed by atoms with Gasteiger partial charge in [-0.2, -0.15) is 0 Å². The molecule has 1 heterocycles. The molecule has 1 aliphatic heterocycles. The lowest BCUT2D eigenvalue weighted by atomic mass is 9.83. The van der Waals surface area contributed by atoms with Gasteiger partial charge in [0, 0.05) is 5.54 Å². The fraction of sp³-hybridized carbons (Fsp3) is 0.462. The highest BCUT2D eigenvalue weighted by Gasteiger charge is 2.64. The number of halogens is 1. The van der Waals surface area contributed by atoms with E-state index in [1.54, 1.807) is 0 Å². The standard InChI is InChI=1S/C13H17ClN2O/c1-12(2,3)16-10(13(14,15)11(16)17)9-7-5-4-6-8-9/h4-8,10H,15H2,1-3H3/p+1/t10-,13-/m1/s1. The minimum absolute atomic E-state index is 0.0967. The number of benzene rings is 1. The van der Waals surface area contributed by atoms with Crippen molar-refractivity contribution in [2.24, 2.45) is 0 Å². The summed E-state index contributed by atoms with van der Waals surface area (Å²) in [5, 5.41) is 0. The molecule has 0 aliphatic carbocycles. The molecule has 1 aliphatic rings. The van der Waals surface area contributed by atoms with E-state index in [4.69, 9.17) is 11.6 Å². The maximum Gasteiger partial charge on any atom is 0.304 e. The van der Waals surface area contributed by atoms with Crippen LogP contribution in [0.2, 0.25) is 0 Å². The van der Waals surface area contributed by atoms with Crippen molar-refractivity contribution in [3.63, 3.8) is 0 Å². The fourth-order valence-corrected chi connectivity index (χ4v) is 2.63. The van der Waals surface area contributed by atoms with Crippen molar-refractivity contribution in [2.45, 2.75) is 37.4 Å². The Labute approximate surface area is 107 Å². The Morgan fingerprint density at radius 1 is 1.29 bits per heavy atom. The van der Waals surface area contributed by atoms with Crippen LogP contribution < -0.4 is 5.73 Å². The summed E-state index contributed by atoms with van der Waals surface area (Å²) in [7, 11) is 0. The highest BCUT2D eigenvalue weighted by molar-refractivity contribution is 6.36. The zero-order valence-electron chi connectivity index (χ0n) is 10.4. The molecule has 1 saturated heterocycles.